The average Bonchev–Trinajstić information content (AvgIpc) is 3.24. The number of hydrogen-bond acceptors (Lipinski definition) is 6. The van der Waals surface area contributed by atoms with Gasteiger partial charge in [-0.05, 0) is 29.5 Å². The quantitative estimate of drug-likeness (QED) is 0.742. The third-order valence-electron chi connectivity index (χ3n) is 3.17. The molecule has 0 amide bonds. The van der Waals surface area contributed by atoms with Crippen LogP contribution < -0.4 is 5.32 Å². The maximum Gasteiger partial charge on any atom is 0.250 e. The predicted octanol–water partition coefficient (Wildman–Crippen LogP) is 3.90. The van der Waals surface area contributed by atoms with Gasteiger partial charge in [0, 0.05) is 11.3 Å². The Balaban J connectivity index is 1.86. The molecule has 3 rings (SSSR count). The van der Waals surface area contributed by atoms with Crippen LogP contribution in [0.4, 0.5) is 5.95 Å². The van der Waals surface area contributed by atoms with Gasteiger partial charge in [0.05, 0.1) is 12.8 Å². The lowest BCUT2D eigenvalue weighted by Crippen LogP contribution is -2.18. The summed E-state index contributed by atoms with van der Waals surface area (Å²) in [7, 11) is 0. The van der Waals surface area contributed by atoms with Crippen molar-refractivity contribution in [2.45, 2.75) is 26.8 Å². The van der Waals surface area contributed by atoms with Gasteiger partial charge in [-0.3, -0.25) is 4.79 Å². The summed E-state index contributed by atoms with van der Waals surface area (Å²) in [5.41, 5.74) is 0. The van der Waals surface area contributed by atoms with Crippen molar-refractivity contribution >= 4 is 23.2 Å². The van der Waals surface area contributed by atoms with E-state index in [1.165, 1.54) is 4.68 Å². The minimum absolute atomic E-state index is 0.0843. The number of nitrogens with one attached hydrogen (secondary N) is 1. The van der Waals surface area contributed by atoms with Crippen LogP contribution in [0.5, 0.6) is 0 Å². The van der Waals surface area contributed by atoms with E-state index >= 15 is 0 Å². The second-order valence-electron chi connectivity index (χ2n) is 5.57. The van der Waals surface area contributed by atoms with Gasteiger partial charge in [0.25, 0.3) is 0 Å². The fraction of sp³-hybridized carbons (Fsp3) is 0.312. The summed E-state index contributed by atoms with van der Waals surface area (Å²) in [4.78, 5) is 18.0. The van der Waals surface area contributed by atoms with Gasteiger partial charge in [0.2, 0.25) is 17.7 Å². The Hall–Kier alpha value is -2.41. The van der Waals surface area contributed by atoms with Crippen LogP contribution in [0.3, 0.4) is 0 Å². The SMILES string of the molecule is CC(C)CC(=O)n1nc(-c2ccco2)nc1NCc1cccs1. The number of thiophene rings is 1. The molecule has 120 valence electrons. The zero-order chi connectivity index (χ0) is 16.2. The van der Waals surface area contributed by atoms with Gasteiger partial charge in [-0.2, -0.15) is 9.67 Å². The van der Waals surface area contributed by atoms with Crippen LogP contribution in [-0.4, -0.2) is 20.7 Å². The van der Waals surface area contributed by atoms with Crippen LogP contribution in [0.2, 0.25) is 0 Å². The average molecular weight is 330 g/mol. The summed E-state index contributed by atoms with van der Waals surface area (Å²) in [6, 6.07) is 7.56. The van der Waals surface area contributed by atoms with Crippen LogP contribution in [0.1, 0.15) is 29.9 Å². The molecule has 6 nitrogen and oxygen atoms in total. The van der Waals surface area contributed by atoms with Crippen molar-refractivity contribution in [3.63, 3.8) is 0 Å². The predicted molar refractivity (Wildman–Crippen MR) is 89.5 cm³/mol. The van der Waals surface area contributed by atoms with Crippen LogP contribution in [-0.2, 0) is 6.54 Å². The Kier molecular flexibility index (Phi) is 4.57. The zero-order valence-corrected chi connectivity index (χ0v) is 13.8. The smallest absolute Gasteiger partial charge is 0.250 e. The molecule has 0 saturated carbocycles. The largest absolute Gasteiger partial charge is 0.461 e. The van der Waals surface area contributed by atoms with E-state index in [1.807, 2.05) is 31.4 Å². The van der Waals surface area contributed by atoms with Crippen molar-refractivity contribution in [2.24, 2.45) is 5.92 Å². The van der Waals surface area contributed by atoms with Crippen molar-refractivity contribution < 1.29 is 9.21 Å². The number of furan rings is 1. The van der Waals surface area contributed by atoms with E-state index in [9.17, 15) is 4.79 Å². The molecule has 3 aromatic heterocycles. The number of anilines is 1. The van der Waals surface area contributed by atoms with Gasteiger partial charge in [0.1, 0.15) is 0 Å². The molecule has 0 unspecified atom stereocenters. The van der Waals surface area contributed by atoms with Crippen molar-refractivity contribution in [3.8, 4) is 11.6 Å². The first kappa shape index (κ1) is 15.5. The third kappa shape index (κ3) is 3.68. The molecule has 0 aliphatic heterocycles. The Labute approximate surface area is 138 Å². The summed E-state index contributed by atoms with van der Waals surface area (Å²) >= 11 is 1.65. The summed E-state index contributed by atoms with van der Waals surface area (Å²) in [5.74, 6) is 1.56. The summed E-state index contributed by atoms with van der Waals surface area (Å²) < 4.78 is 6.66. The molecular formula is C16H18N4O2S. The number of aromatic nitrogens is 3. The molecule has 0 radical (unpaired) electrons. The zero-order valence-electron chi connectivity index (χ0n) is 13.0. The van der Waals surface area contributed by atoms with Gasteiger partial charge < -0.3 is 9.73 Å². The van der Waals surface area contributed by atoms with Crippen molar-refractivity contribution in [1.82, 2.24) is 14.8 Å². The first-order chi connectivity index (χ1) is 11.1. The second kappa shape index (κ2) is 6.78. The number of nitrogens with zero attached hydrogens (tertiary/aromatic N) is 3. The fourth-order valence-corrected chi connectivity index (χ4v) is 2.77. The normalized spacial score (nSPS) is 11.1. The summed E-state index contributed by atoms with van der Waals surface area (Å²) in [6.45, 7) is 4.60. The molecule has 0 atom stereocenters. The Bertz CT molecular complexity index is 760. The van der Waals surface area contributed by atoms with Gasteiger partial charge in [-0.1, -0.05) is 19.9 Å². The van der Waals surface area contributed by atoms with E-state index in [-0.39, 0.29) is 11.8 Å². The number of carbonyl (C=O) groups is 1. The van der Waals surface area contributed by atoms with Gasteiger partial charge in [-0.15, -0.1) is 16.4 Å². The maximum absolute atomic E-state index is 12.4. The molecule has 0 spiro atoms. The Morgan fingerprint density at radius 1 is 1.39 bits per heavy atom. The fourth-order valence-electron chi connectivity index (χ4n) is 2.13. The van der Waals surface area contributed by atoms with Crippen molar-refractivity contribution in [1.29, 1.82) is 0 Å². The highest BCUT2D eigenvalue weighted by molar-refractivity contribution is 7.09. The molecule has 0 aromatic carbocycles. The Morgan fingerprint density at radius 2 is 2.26 bits per heavy atom. The molecule has 0 aliphatic carbocycles. The van der Waals surface area contributed by atoms with E-state index in [2.05, 4.69) is 15.4 Å². The molecule has 0 fully saturated rings. The summed E-state index contributed by atoms with van der Waals surface area (Å²) in [5, 5.41) is 9.51. The topological polar surface area (TPSA) is 73.0 Å². The van der Waals surface area contributed by atoms with Gasteiger partial charge in [0.15, 0.2) is 5.76 Å². The minimum Gasteiger partial charge on any atom is -0.461 e. The highest BCUT2D eigenvalue weighted by Crippen LogP contribution is 2.20. The molecule has 0 aliphatic rings. The lowest BCUT2D eigenvalue weighted by atomic mass is 10.1. The highest BCUT2D eigenvalue weighted by Gasteiger charge is 2.19. The van der Waals surface area contributed by atoms with Gasteiger partial charge >= 0.3 is 0 Å². The number of rotatable bonds is 6. The third-order valence-corrected chi connectivity index (χ3v) is 4.05. The molecule has 1 N–H and O–H groups in total. The lowest BCUT2D eigenvalue weighted by molar-refractivity contribution is 0.0873. The van der Waals surface area contributed by atoms with E-state index in [0.29, 0.717) is 30.5 Å². The van der Waals surface area contributed by atoms with Crippen molar-refractivity contribution in [2.75, 3.05) is 5.32 Å². The monoisotopic (exact) mass is 330 g/mol. The lowest BCUT2D eigenvalue weighted by Gasteiger charge is -2.07. The molecule has 0 saturated heterocycles. The highest BCUT2D eigenvalue weighted by atomic mass is 32.1. The standard InChI is InChI=1S/C16H18N4O2S/c1-11(2)9-14(21)20-16(17-10-12-5-4-8-23-12)18-15(19-20)13-6-3-7-22-13/h3-8,11H,9-10H2,1-2H3,(H,17,18,19). The molecule has 7 heteroatoms. The molecule has 3 heterocycles. The van der Waals surface area contributed by atoms with Crippen molar-refractivity contribution in [3.05, 3.63) is 40.8 Å². The van der Waals surface area contributed by atoms with E-state index in [0.717, 1.165) is 4.88 Å². The van der Waals surface area contributed by atoms with Crippen LogP contribution in [0.15, 0.2) is 40.3 Å². The molecule has 3 aromatic rings. The molecule has 23 heavy (non-hydrogen) atoms. The van der Waals surface area contributed by atoms with Crippen LogP contribution in [0.25, 0.3) is 11.6 Å². The first-order valence-corrected chi connectivity index (χ1v) is 8.32. The molecule has 0 bridgehead atoms. The van der Waals surface area contributed by atoms with E-state index in [4.69, 9.17) is 4.42 Å². The minimum atomic E-state index is -0.0843. The number of hydrogen-bond donors (Lipinski definition) is 1. The first-order valence-electron chi connectivity index (χ1n) is 7.44. The number of carbonyl (C=O) groups excluding carboxylic acids is 1. The van der Waals surface area contributed by atoms with Crippen LogP contribution >= 0.6 is 11.3 Å². The second-order valence-corrected chi connectivity index (χ2v) is 6.60. The molecular weight excluding hydrogens is 312 g/mol. The maximum atomic E-state index is 12.4. The Morgan fingerprint density at radius 3 is 2.91 bits per heavy atom. The summed E-state index contributed by atoms with van der Waals surface area (Å²) in [6.07, 6.45) is 1.97. The van der Waals surface area contributed by atoms with Crippen LogP contribution in [0, 0.1) is 5.92 Å². The van der Waals surface area contributed by atoms with E-state index in [1.54, 1.807) is 29.7 Å². The van der Waals surface area contributed by atoms with E-state index < -0.39 is 0 Å². The van der Waals surface area contributed by atoms with Gasteiger partial charge in [-0.25, -0.2) is 0 Å².